The van der Waals surface area contributed by atoms with Crippen LogP contribution in [0, 0.1) is 25.2 Å². The monoisotopic (exact) mass is 783 g/mol. The number of hydrogen-bond donors (Lipinski definition) is 0. The number of fused-ring (bicyclic) bond motifs is 2. The van der Waals surface area contributed by atoms with Crippen LogP contribution in [-0.2, 0) is 20.1 Å². The second-order valence-corrected chi connectivity index (χ2v) is 10.9. The Balaban J connectivity index is 0.000000193. The van der Waals surface area contributed by atoms with E-state index in [-0.39, 0.29) is 31.2 Å². The zero-order valence-corrected chi connectivity index (χ0v) is 27.0. The molecule has 0 aliphatic rings. The van der Waals surface area contributed by atoms with Crippen molar-refractivity contribution in [1.29, 1.82) is 0 Å². The molecule has 0 saturated heterocycles. The average Bonchev–Trinajstić information content (AvgIpc) is 3.73. The number of nitrogens with zero attached hydrogens (tertiary/aromatic N) is 3. The van der Waals surface area contributed by atoms with Gasteiger partial charge in [-0.15, -0.1) is 46.8 Å². The second kappa shape index (κ2) is 13.5. The minimum Gasteiger partial charge on any atom is -0.333 e. The molecule has 3 aromatic heterocycles. The Morgan fingerprint density at radius 1 is 0.756 bits per heavy atom. The van der Waals surface area contributed by atoms with Gasteiger partial charge in [0.15, 0.2) is 0 Å². The summed E-state index contributed by atoms with van der Waals surface area (Å²) in [5.41, 5.74) is 7.99. The Morgan fingerprint density at radius 2 is 1.53 bits per heavy atom. The molecule has 0 fully saturated rings. The molecule has 5 heteroatoms. The third-order valence-corrected chi connectivity index (χ3v) is 8.09. The van der Waals surface area contributed by atoms with E-state index in [2.05, 4.69) is 75.6 Å². The molecule has 0 saturated carbocycles. The van der Waals surface area contributed by atoms with Gasteiger partial charge in [0.25, 0.3) is 0 Å². The molecule has 45 heavy (non-hydrogen) atoms. The van der Waals surface area contributed by atoms with E-state index >= 15 is 0 Å². The van der Waals surface area contributed by atoms with Gasteiger partial charge in [0, 0.05) is 40.2 Å². The Labute approximate surface area is 291 Å². The minimum atomic E-state index is -2.18. The molecule has 3 nitrogen and oxygen atoms in total. The van der Waals surface area contributed by atoms with Crippen LogP contribution in [-0.4, -0.2) is 14.5 Å². The smallest absolute Gasteiger partial charge is 0.0774 e. The fourth-order valence-electron chi connectivity index (χ4n) is 5.06. The maximum atomic E-state index is 7.92. The molecule has 8 aromatic rings. The van der Waals surface area contributed by atoms with Crippen molar-refractivity contribution in [1.82, 2.24) is 14.5 Å². The van der Waals surface area contributed by atoms with E-state index < -0.39 is 13.7 Å². The van der Waals surface area contributed by atoms with Crippen LogP contribution in [0.5, 0.6) is 0 Å². The summed E-state index contributed by atoms with van der Waals surface area (Å²) in [4.78, 5) is 9.05. The summed E-state index contributed by atoms with van der Waals surface area (Å²) in [6.45, 7) is -4.34. The van der Waals surface area contributed by atoms with Gasteiger partial charge in [0.1, 0.15) is 0 Å². The molecule has 221 valence electrons. The zero-order valence-electron chi connectivity index (χ0n) is 30.8. The molecule has 0 aliphatic carbocycles. The largest absolute Gasteiger partial charge is 0.333 e. The number of imidazole rings is 1. The Morgan fingerprint density at radius 3 is 2.29 bits per heavy atom. The van der Waals surface area contributed by atoms with Crippen LogP contribution >= 0.6 is 11.3 Å². The van der Waals surface area contributed by atoms with E-state index in [9.17, 15) is 0 Å². The van der Waals surface area contributed by atoms with Gasteiger partial charge in [-0.1, -0.05) is 107 Å². The summed E-state index contributed by atoms with van der Waals surface area (Å²) in [6.07, 6.45) is 1.30. The molecule has 8 rings (SSSR count). The number of aromatic nitrogens is 3. The van der Waals surface area contributed by atoms with Crippen molar-refractivity contribution in [3.8, 4) is 39.5 Å². The molecule has 1 radical (unpaired) electrons. The van der Waals surface area contributed by atoms with Crippen LogP contribution in [0.3, 0.4) is 0 Å². The van der Waals surface area contributed by atoms with Gasteiger partial charge in [0.2, 0.25) is 0 Å². The Hall–Kier alpha value is -4.67. The maximum absolute atomic E-state index is 7.92. The van der Waals surface area contributed by atoms with Crippen LogP contribution < -0.4 is 0 Å². The number of rotatable bonds is 4. The third-order valence-electron chi connectivity index (χ3n) is 7.23. The summed E-state index contributed by atoms with van der Waals surface area (Å²) in [7, 11) is 0. The van der Waals surface area contributed by atoms with Gasteiger partial charge >= 0.3 is 0 Å². The standard InChI is InChI=1S/C27H17N2S.C13H12N.Ir/c1-2-8-19(9-3-1)20-14-16-21(17-15-20)29-25-12-6-5-11-24(25)28-27(29)23-18-30-26-13-7-4-10-22(23)26;1-10-3-6-12(7-4-10)13-8-5-11(2)9-14-13;/h1-17H;3-6,8-9H,1-2H3;/q2*-1;/i7D;1D3,2D3;. The molecular weight excluding hydrogens is 747 g/mol. The van der Waals surface area contributed by atoms with E-state index in [1.807, 2.05) is 42.5 Å². The predicted octanol–water partition coefficient (Wildman–Crippen LogP) is 10.5. The van der Waals surface area contributed by atoms with Crippen molar-refractivity contribution >= 4 is 32.5 Å². The van der Waals surface area contributed by atoms with Gasteiger partial charge in [-0.05, 0) is 53.5 Å². The van der Waals surface area contributed by atoms with E-state index in [1.165, 1.54) is 46.9 Å². The number of pyridine rings is 1. The van der Waals surface area contributed by atoms with Crippen molar-refractivity contribution in [3.63, 3.8) is 0 Å². The quantitative estimate of drug-likeness (QED) is 0.167. The number of aryl methyl sites for hydroxylation is 2. The molecule has 5 aromatic carbocycles. The second-order valence-electron chi connectivity index (χ2n) is 10.1. The van der Waals surface area contributed by atoms with E-state index in [0.717, 1.165) is 38.2 Å². The van der Waals surface area contributed by atoms with Gasteiger partial charge < -0.3 is 9.55 Å². The Kier molecular flexibility index (Phi) is 6.85. The van der Waals surface area contributed by atoms with Crippen LogP contribution in [0.2, 0.25) is 0 Å². The van der Waals surface area contributed by atoms with Crippen molar-refractivity contribution in [2.75, 3.05) is 0 Å². The van der Waals surface area contributed by atoms with Crippen LogP contribution in [0.25, 0.3) is 60.6 Å². The summed E-state index contributed by atoms with van der Waals surface area (Å²) >= 11 is 1.54. The molecular formula is C40H29IrN3S-2. The first-order valence-corrected chi connectivity index (χ1v) is 14.8. The fourth-order valence-corrected chi connectivity index (χ4v) is 5.88. The molecule has 0 amide bonds. The summed E-state index contributed by atoms with van der Waals surface area (Å²) < 4.78 is 54.8. The summed E-state index contributed by atoms with van der Waals surface area (Å²) in [5, 5.41) is 4.52. The normalized spacial score (nSPS) is 13.6. The number of para-hydroxylation sites is 2. The molecule has 0 atom stereocenters. The molecule has 0 spiro atoms. The number of benzene rings is 5. The molecule has 0 unspecified atom stereocenters. The van der Waals surface area contributed by atoms with Crippen LogP contribution in [0.1, 0.15) is 20.7 Å². The van der Waals surface area contributed by atoms with Gasteiger partial charge in [-0.25, -0.2) is 0 Å². The van der Waals surface area contributed by atoms with Crippen molar-refractivity contribution in [2.45, 2.75) is 13.7 Å². The first-order chi connectivity index (χ1) is 24.5. The SMILES string of the molecule is [2H]C([2H])([2H])c1c[c-]c(-c2ccc(C([2H])([2H])[2H])cn2)cc1.[2H]c1ccc2c(-c3nc4ccccc4n3-c3ccc(-c4ccccc4)cc3)[c-]sc2c1.[Ir]. The van der Waals surface area contributed by atoms with Crippen molar-refractivity contribution in [3.05, 3.63) is 162 Å². The fraction of sp³-hybridized carbons (Fsp3) is 0.0500. The van der Waals surface area contributed by atoms with E-state index in [1.54, 1.807) is 12.1 Å². The van der Waals surface area contributed by atoms with Crippen LogP contribution in [0.4, 0.5) is 0 Å². The molecule has 3 heterocycles. The Bertz CT molecular complexity index is 2380. The predicted molar refractivity (Wildman–Crippen MR) is 184 cm³/mol. The van der Waals surface area contributed by atoms with E-state index in [4.69, 9.17) is 14.6 Å². The van der Waals surface area contributed by atoms with Crippen molar-refractivity contribution in [2.24, 2.45) is 0 Å². The average molecular weight is 783 g/mol. The minimum absolute atomic E-state index is 0. The molecule has 0 bridgehead atoms. The summed E-state index contributed by atoms with van der Waals surface area (Å²) in [5.74, 6) is 0.873. The zero-order chi connectivity index (χ0) is 35.8. The first kappa shape index (κ1) is 22.8. The van der Waals surface area contributed by atoms with Crippen LogP contribution in [0.15, 0.2) is 140 Å². The number of thiophene rings is 1. The first-order valence-electron chi connectivity index (χ1n) is 17.5. The van der Waals surface area contributed by atoms with Gasteiger partial charge in [0.05, 0.1) is 18.2 Å². The maximum Gasteiger partial charge on any atom is 0.0774 e. The summed E-state index contributed by atoms with van der Waals surface area (Å²) in [6, 6.07) is 43.9. The van der Waals surface area contributed by atoms with Gasteiger partial charge in [-0.2, -0.15) is 0 Å². The van der Waals surface area contributed by atoms with E-state index in [0.29, 0.717) is 17.3 Å². The molecule has 0 aliphatic heterocycles. The topological polar surface area (TPSA) is 30.7 Å². The van der Waals surface area contributed by atoms with Gasteiger partial charge in [-0.3, -0.25) is 16.3 Å². The molecule has 0 N–H and O–H groups in total. The third kappa shape index (κ3) is 6.43. The van der Waals surface area contributed by atoms with Crippen molar-refractivity contribution < 1.29 is 29.7 Å². The number of hydrogen-bond acceptors (Lipinski definition) is 3.